The zero-order valence-electron chi connectivity index (χ0n) is 20.7. The molecule has 0 saturated carbocycles. The van der Waals surface area contributed by atoms with Gasteiger partial charge in [0.2, 0.25) is 15.8 Å². The highest BCUT2D eigenvalue weighted by Crippen LogP contribution is 2.31. The topological polar surface area (TPSA) is 113 Å². The minimum absolute atomic E-state index is 0.0213. The monoisotopic (exact) mass is 538 g/mol. The molecule has 0 aromatic heterocycles. The first-order chi connectivity index (χ1) is 17.4. The number of nitrogens with one attached hydrogen (secondary N) is 1. The molecule has 8 nitrogen and oxygen atoms in total. The maximum absolute atomic E-state index is 16.0. The predicted molar refractivity (Wildman–Crippen MR) is 133 cm³/mol. The summed E-state index contributed by atoms with van der Waals surface area (Å²) in [5.41, 5.74) is 0.493. The highest BCUT2D eigenvalue weighted by molar-refractivity contribution is 7.89. The molecule has 1 aliphatic rings. The number of carbonyl (C=O) groups is 2. The fourth-order valence-electron chi connectivity index (χ4n) is 4.43. The van der Waals surface area contributed by atoms with Crippen molar-refractivity contribution in [2.24, 2.45) is 5.92 Å². The average molecular weight is 539 g/mol. The third kappa shape index (κ3) is 7.12. The largest absolute Gasteiger partial charge is 0.465 e. The highest BCUT2D eigenvalue weighted by atomic mass is 32.2. The Balaban J connectivity index is 2.01. The van der Waals surface area contributed by atoms with Gasteiger partial charge in [0.25, 0.3) is 0 Å². The molecule has 1 heterocycles. The maximum atomic E-state index is 16.0. The molecular weight excluding hydrogens is 506 g/mol. The van der Waals surface area contributed by atoms with Crippen molar-refractivity contribution in [3.8, 4) is 0 Å². The molecule has 2 aromatic rings. The van der Waals surface area contributed by atoms with Crippen LogP contribution >= 0.6 is 0 Å². The van der Waals surface area contributed by atoms with E-state index in [1.54, 1.807) is 50.2 Å². The lowest BCUT2D eigenvalue weighted by atomic mass is 9.90. The minimum Gasteiger partial charge on any atom is -0.465 e. The quantitative estimate of drug-likeness (QED) is 0.423. The zero-order chi connectivity index (χ0) is 27.2. The van der Waals surface area contributed by atoms with Crippen molar-refractivity contribution < 1.29 is 36.6 Å². The van der Waals surface area contributed by atoms with Gasteiger partial charge >= 0.3 is 12.0 Å². The first-order valence-electron chi connectivity index (χ1n) is 12.1. The van der Waals surface area contributed by atoms with Gasteiger partial charge < -0.3 is 9.84 Å². The summed E-state index contributed by atoms with van der Waals surface area (Å²) in [6.45, 7) is 3.48. The molecule has 1 aliphatic heterocycles. The summed E-state index contributed by atoms with van der Waals surface area (Å²) in [5.74, 6) is -6.26. The van der Waals surface area contributed by atoms with Gasteiger partial charge in [0.1, 0.15) is 6.04 Å². The lowest BCUT2D eigenvalue weighted by molar-refractivity contribution is -0.153. The fraction of sp³-hybridized carbons (Fsp3) is 0.462. The number of carbonyl (C=O) groups excluding carboxylic acids is 1. The Morgan fingerprint density at radius 1 is 1.11 bits per heavy atom. The lowest BCUT2D eigenvalue weighted by Crippen LogP contribution is -2.61. The summed E-state index contributed by atoms with van der Waals surface area (Å²) in [4.78, 5) is 26.4. The molecule has 1 saturated heterocycles. The van der Waals surface area contributed by atoms with Crippen molar-refractivity contribution in [3.63, 3.8) is 0 Å². The number of carboxylic acid groups (broad SMARTS) is 1. The van der Waals surface area contributed by atoms with E-state index in [-0.39, 0.29) is 37.4 Å². The maximum Gasteiger partial charge on any atom is 0.408 e. The Morgan fingerprint density at radius 2 is 1.70 bits per heavy atom. The van der Waals surface area contributed by atoms with Crippen LogP contribution in [-0.4, -0.2) is 67.6 Å². The molecular formula is C26H32F2N2O6S. The number of rotatable bonds is 12. The van der Waals surface area contributed by atoms with E-state index < -0.39 is 51.9 Å². The van der Waals surface area contributed by atoms with E-state index in [0.29, 0.717) is 5.56 Å². The molecule has 0 aliphatic carbocycles. The van der Waals surface area contributed by atoms with E-state index in [2.05, 4.69) is 0 Å². The average Bonchev–Trinajstić information content (AvgIpc) is 3.37. The van der Waals surface area contributed by atoms with Crippen molar-refractivity contribution in [3.05, 3.63) is 66.2 Å². The number of hydrogen-bond acceptors (Lipinski definition) is 5. The number of hydrogen-bond donors (Lipinski definition) is 2. The summed E-state index contributed by atoms with van der Waals surface area (Å²) in [6.07, 6.45) is -1.90. The molecule has 0 radical (unpaired) electrons. The Bertz CT molecular complexity index is 1160. The van der Waals surface area contributed by atoms with Crippen LogP contribution in [-0.2, 0) is 26.0 Å². The normalized spacial score (nSPS) is 17.9. The minimum atomic E-state index is -4.39. The van der Waals surface area contributed by atoms with Crippen molar-refractivity contribution in [1.82, 2.24) is 9.62 Å². The first kappa shape index (κ1) is 28.7. The van der Waals surface area contributed by atoms with Crippen LogP contribution in [0.3, 0.4) is 0 Å². The number of Topliss-reactive ketones (excluding diaryl/α,β-unsaturated/α-hetero) is 1. The summed E-state index contributed by atoms with van der Waals surface area (Å²) in [5, 5.41) is 9.98. The van der Waals surface area contributed by atoms with Crippen LogP contribution in [0.1, 0.15) is 32.3 Å². The Hall–Kier alpha value is -2.89. The number of nitrogens with zero attached hydrogens (tertiary/aromatic N) is 1. The van der Waals surface area contributed by atoms with E-state index in [4.69, 9.17) is 4.74 Å². The molecule has 0 spiro atoms. The van der Waals surface area contributed by atoms with E-state index >= 15 is 8.78 Å². The second-order valence-electron chi connectivity index (χ2n) is 9.52. The number of ketones is 1. The number of sulfonamides is 1. The van der Waals surface area contributed by atoms with Crippen LogP contribution in [0.25, 0.3) is 0 Å². The summed E-state index contributed by atoms with van der Waals surface area (Å²) >= 11 is 0. The molecule has 2 N–H and O–H groups in total. The van der Waals surface area contributed by atoms with Gasteiger partial charge in [-0.3, -0.25) is 9.69 Å². The van der Waals surface area contributed by atoms with Crippen LogP contribution in [0.5, 0.6) is 0 Å². The van der Waals surface area contributed by atoms with Crippen LogP contribution in [0.15, 0.2) is 65.6 Å². The number of halogens is 2. The number of amides is 1. The second-order valence-corrected chi connectivity index (χ2v) is 11.2. The molecule has 1 fully saturated rings. The van der Waals surface area contributed by atoms with Crippen molar-refractivity contribution >= 4 is 21.9 Å². The smallest absolute Gasteiger partial charge is 0.408 e. The van der Waals surface area contributed by atoms with Gasteiger partial charge in [-0.1, -0.05) is 62.4 Å². The number of ether oxygens (including phenoxy) is 1. The molecule has 37 heavy (non-hydrogen) atoms. The lowest BCUT2D eigenvalue weighted by Gasteiger charge is -2.36. The van der Waals surface area contributed by atoms with Gasteiger partial charge in [0, 0.05) is 13.0 Å². The van der Waals surface area contributed by atoms with Crippen molar-refractivity contribution in [2.75, 3.05) is 13.2 Å². The third-order valence-corrected chi connectivity index (χ3v) is 7.74. The second kappa shape index (κ2) is 12.1. The van der Waals surface area contributed by atoms with Gasteiger partial charge in [0.15, 0.2) is 0 Å². The number of benzene rings is 2. The van der Waals surface area contributed by atoms with Crippen LogP contribution in [0.2, 0.25) is 0 Å². The summed E-state index contributed by atoms with van der Waals surface area (Å²) < 4.78 is 65.2. The molecule has 11 heteroatoms. The standard InChI is InChI=1S/C26H32F2N2O6S/c1-18(2)15-23(29-37(34,35)21-11-7-4-8-12-21)26(27,28)24(31)22(16-19-9-5-3-6-10-19)30(25(32)33)20-13-14-36-17-20/h3-12,18,20,22-23,29H,13-17H2,1-2H3,(H,32,33)/t20-,22-,23?/m0/s1. The number of alkyl halides is 2. The molecule has 1 amide bonds. The summed E-state index contributed by atoms with van der Waals surface area (Å²) in [7, 11) is -4.39. The SMILES string of the molecule is CC(C)CC(NS(=O)(=O)c1ccccc1)C(F)(F)C(=O)[C@H](Cc1ccccc1)N(C(=O)O)[C@H]1CCOC1. The fourth-order valence-corrected chi connectivity index (χ4v) is 5.70. The molecule has 3 atom stereocenters. The molecule has 3 rings (SSSR count). The van der Waals surface area contributed by atoms with Crippen molar-refractivity contribution in [2.45, 2.75) is 62.1 Å². The predicted octanol–water partition coefficient (Wildman–Crippen LogP) is 3.96. The highest BCUT2D eigenvalue weighted by Gasteiger charge is 2.54. The third-order valence-electron chi connectivity index (χ3n) is 6.25. The van der Waals surface area contributed by atoms with Gasteiger partial charge in [0.05, 0.1) is 23.6 Å². The van der Waals surface area contributed by atoms with Crippen molar-refractivity contribution in [1.29, 1.82) is 0 Å². The van der Waals surface area contributed by atoms with Crippen LogP contribution < -0.4 is 4.72 Å². The van der Waals surface area contributed by atoms with Gasteiger partial charge in [-0.05, 0) is 36.5 Å². The first-order valence-corrected chi connectivity index (χ1v) is 13.5. The molecule has 0 bridgehead atoms. The Morgan fingerprint density at radius 3 is 2.22 bits per heavy atom. The van der Waals surface area contributed by atoms with E-state index in [1.807, 2.05) is 4.72 Å². The summed E-state index contributed by atoms with van der Waals surface area (Å²) in [6, 6.07) is 10.7. The van der Waals surface area contributed by atoms with E-state index in [9.17, 15) is 23.1 Å². The molecule has 2 aromatic carbocycles. The molecule has 202 valence electrons. The Kier molecular flexibility index (Phi) is 9.38. The van der Waals surface area contributed by atoms with E-state index in [1.165, 1.54) is 24.3 Å². The zero-order valence-corrected chi connectivity index (χ0v) is 21.5. The Labute approximate surface area is 215 Å². The van der Waals surface area contributed by atoms with Crippen LogP contribution in [0, 0.1) is 5.92 Å². The van der Waals surface area contributed by atoms with Gasteiger partial charge in [-0.15, -0.1) is 0 Å². The van der Waals surface area contributed by atoms with Crippen LogP contribution in [0.4, 0.5) is 13.6 Å². The van der Waals surface area contributed by atoms with Gasteiger partial charge in [-0.2, -0.15) is 8.78 Å². The molecule has 1 unspecified atom stereocenters. The van der Waals surface area contributed by atoms with E-state index in [0.717, 1.165) is 4.90 Å². The van der Waals surface area contributed by atoms with Gasteiger partial charge in [-0.25, -0.2) is 17.9 Å².